The Hall–Kier alpha value is -0.930. The van der Waals surface area contributed by atoms with Crippen LogP contribution in [0.1, 0.15) is 32.3 Å². The number of methoxy groups -OCH3 is 1. The van der Waals surface area contributed by atoms with E-state index in [1.165, 1.54) is 6.07 Å². The second-order valence-corrected chi connectivity index (χ2v) is 6.60. The summed E-state index contributed by atoms with van der Waals surface area (Å²) in [6.07, 6.45) is 1.68. The highest BCUT2D eigenvalue weighted by Crippen LogP contribution is 2.35. The van der Waals surface area contributed by atoms with E-state index in [4.69, 9.17) is 14.5 Å². The summed E-state index contributed by atoms with van der Waals surface area (Å²) in [7, 11) is 1.68. The predicted molar refractivity (Wildman–Crippen MR) is 114 cm³/mol. The van der Waals surface area contributed by atoms with Crippen LogP contribution in [0.3, 0.4) is 0 Å². The Balaban J connectivity index is 0.00000338. The van der Waals surface area contributed by atoms with Crippen LogP contribution in [0.15, 0.2) is 29.3 Å². The molecule has 2 N–H and O–H groups in total. The Labute approximate surface area is 173 Å². The number of halogens is 2. The van der Waals surface area contributed by atoms with Crippen LogP contribution in [0.2, 0.25) is 0 Å². The van der Waals surface area contributed by atoms with Gasteiger partial charge in [-0.1, -0.05) is 12.1 Å². The molecule has 0 spiro atoms. The fourth-order valence-corrected chi connectivity index (χ4v) is 3.19. The molecule has 1 aromatic rings. The van der Waals surface area contributed by atoms with Crippen molar-refractivity contribution in [3.63, 3.8) is 0 Å². The number of benzene rings is 1. The van der Waals surface area contributed by atoms with Crippen molar-refractivity contribution in [1.29, 1.82) is 0 Å². The number of hydrogen-bond donors (Lipinski definition) is 2. The molecule has 7 heteroatoms. The third-order valence-electron chi connectivity index (χ3n) is 4.57. The summed E-state index contributed by atoms with van der Waals surface area (Å²) in [4.78, 5) is 4.80. The highest BCUT2D eigenvalue weighted by atomic mass is 127. The molecule has 1 aliphatic rings. The summed E-state index contributed by atoms with van der Waals surface area (Å²) in [6.45, 7) is 7.41. The van der Waals surface area contributed by atoms with Crippen molar-refractivity contribution in [2.45, 2.75) is 38.1 Å². The topological polar surface area (TPSA) is 54.9 Å². The van der Waals surface area contributed by atoms with Gasteiger partial charge < -0.3 is 20.1 Å². The van der Waals surface area contributed by atoms with Crippen LogP contribution < -0.4 is 10.6 Å². The highest BCUT2D eigenvalue weighted by Gasteiger charge is 2.34. The van der Waals surface area contributed by atoms with E-state index in [2.05, 4.69) is 10.6 Å². The van der Waals surface area contributed by atoms with Crippen molar-refractivity contribution in [1.82, 2.24) is 10.6 Å². The van der Waals surface area contributed by atoms with E-state index in [0.717, 1.165) is 30.9 Å². The maximum Gasteiger partial charge on any atom is 0.191 e. The molecule has 1 atom stereocenters. The van der Waals surface area contributed by atoms with Crippen LogP contribution in [-0.4, -0.2) is 52.0 Å². The van der Waals surface area contributed by atoms with Crippen LogP contribution in [0.25, 0.3) is 0 Å². The first-order valence-corrected chi connectivity index (χ1v) is 8.97. The molecule has 26 heavy (non-hydrogen) atoms. The molecule has 1 aliphatic heterocycles. The normalized spacial score (nSPS) is 17.9. The van der Waals surface area contributed by atoms with Gasteiger partial charge in [-0.05, 0) is 44.4 Å². The lowest BCUT2D eigenvalue weighted by atomic mass is 9.74. The lowest BCUT2D eigenvalue weighted by Crippen LogP contribution is -2.45. The largest absolute Gasteiger partial charge is 0.383 e. The minimum Gasteiger partial charge on any atom is -0.383 e. The first kappa shape index (κ1) is 23.1. The summed E-state index contributed by atoms with van der Waals surface area (Å²) < 4.78 is 24.5. The molecule has 0 bridgehead atoms. The Morgan fingerprint density at radius 2 is 2.12 bits per heavy atom. The number of nitrogens with one attached hydrogen (secondary N) is 2. The van der Waals surface area contributed by atoms with Gasteiger partial charge in [0.15, 0.2) is 5.96 Å². The molecule has 0 saturated carbocycles. The van der Waals surface area contributed by atoms with E-state index in [9.17, 15) is 4.39 Å². The van der Waals surface area contributed by atoms with E-state index in [1.807, 2.05) is 19.9 Å². The number of guanidine groups is 1. The minimum absolute atomic E-state index is 0. The molecule has 1 heterocycles. The van der Waals surface area contributed by atoms with E-state index in [-0.39, 0.29) is 41.3 Å². The number of aliphatic imine (C=N–C) groups is 1. The molecule has 0 amide bonds. The van der Waals surface area contributed by atoms with Crippen LogP contribution >= 0.6 is 24.0 Å². The van der Waals surface area contributed by atoms with Gasteiger partial charge in [0.2, 0.25) is 0 Å². The molecule has 5 nitrogen and oxygen atoms in total. The number of ether oxygens (including phenoxy) is 2. The molecule has 148 valence electrons. The van der Waals surface area contributed by atoms with Crippen molar-refractivity contribution in [3.8, 4) is 0 Å². The first-order chi connectivity index (χ1) is 12.1. The molecule has 1 saturated heterocycles. The summed E-state index contributed by atoms with van der Waals surface area (Å²) in [5.41, 5.74) is 0.813. The first-order valence-electron chi connectivity index (χ1n) is 8.97. The standard InChI is InChI=1S/C19H30FN3O2.HI/c1-4-21-18(23-15(2)13-24-3)22-14-19(8-10-25-11-9-19)16-6-5-7-17(20)12-16;/h5-7,12,15H,4,8-11,13-14H2,1-3H3,(H2,21,22,23);1H. The smallest absolute Gasteiger partial charge is 0.191 e. The summed E-state index contributed by atoms with van der Waals surface area (Å²) >= 11 is 0. The maximum atomic E-state index is 13.8. The average molecular weight is 479 g/mol. The van der Waals surface area contributed by atoms with Crippen LogP contribution in [-0.2, 0) is 14.9 Å². The van der Waals surface area contributed by atoms with Gasteiger partial charge in [0.25, 0.3) is 0 Å². The highest BCUT2D eigenvalue weighted by molar-refractivity contribution is 14.0. The Bertz CT molecular complexity index is 565. The molecule has 0 radical (unpaired) electrons. The summed E-state index contributed by atoms with van der Waals surface area (Å²) in [5.74, 6) is 0.556. The number of rotatable bonds is 7. The second kappa shape index (κ2) is 11.7. The van der Waals surface area contributed by atoms with Gasteiger partial charge in [-0.25, -0.2) is 4.39 Å². The average Bonchev–Trinajstić information content (AvgIpc) is 2.61. The SMILES string of the molecule is CCNC(=NCC1(c2cccc(F)c2)CCOCC1)NC(C)COC.I. The van der Waals surface area contributed by atoms with Crippen molar-refractivity contribution < 1.29 is 13.9 Å². The third kappa shape index (κ3) is 6.66. The van der Waals surface area contributed by atoms with Gasteiger partial charge in [-0.3, -0.25) is 4.99 Å². The van der Waals surface area contributed by atoms with Crippen LogP contribution in [0.4, 0.5) is 4.39 Å². The van der Waals surface area contributed by atoms with Crippen LogP contribution in [0, 0.1) is 5.82 Å². The Morgan fingerprint density at radius 1 is 1.38 bits per heavy atom. The molecule has 1 aromatic carbocycles. The van der Waals surface area contributed by atoms with Crippen molar-refractivity contribution >= 4 is 29.9 Å². The molecule has 1 fully saturated rings. The molecule has 2 rings (SSSR count). The lowest BCUT2D eigenvalue weighted by Gasteiger charge is -2.36. The molecule has 1 unspecified atom stereocenters. The molecule has 0 aromatic heterocycles. The fraction of sp³-hybridized carbons (Fsp3) is 0.632. The second-order valence-electron chi connectivity index (χ2n) is 6.60. The van der Waals surface area contributed by atoms with Gasteiger partial charge >= 0.3 is 0 Å². The quantitative estimate of drug-likeness (QED) is 0.359. The number of nitrogens with zero attached hydrogens (tertiary/aromatic N) is 1. The van der Waals surface area contributed by atoms with Gasteiger partial charge in [0.05, 0.1) is 13.2 Å². The van der Waals surface area contributed by atoms with E-state index >= 15 is 0 Å². The van der Waals surface area contributed by atoms with E-state index in [1.54, 1.807) is 19.2 Å². The fourth-order valence-electron chi connectivity index (χ4n) is 3.19. The lowest BCUT2D eigenvalue weighted by molar-refractivity contribution is 0.0530. The maximum absolute atomic E-state index is 13.8. The molecular weight excluding hydrogens is 448 g/mol. The monoisotopic (exact) mass is 479 g/mol. The number of hydrogen-bond acceptors (Lipinski definition) is 3. The van der Waals surface area contributed by atoms with Gasteiger partial charge in [0.1, 0.15) is 5.82 Å². The van der Waals surface area contributed by atoms with E-state index in [0.29, 0.717) is 26.4 Å². The van der Waals surface area contributed by atoms with Crippen LogP contribution in [0.5, 0.6) is 0 Å². The van der Waals surface area contributed by atoms with E-state index < -0.39 is 0 Å². The van der Waals surface area contributed by atoms with Gasteiger partial charge in [-0.15, -0.1) is 24.0 Å². The Kier molecular flexibility index (Phi) is 10.4. The zero-order valence-electron chi connectivity index (χ0n) is 15.9. The zero-order valence-corrected chi connectivity index (χ0v) is 18.2. The third-order valence-corrected chi connectivity index (χ3v) is 4.57. The van der Waals surface area contributed by atoms with Crippen molar-refractivity contribution in [3.05, 3.63) is 35.6 Å². The van der Waals surface area contributed by atoms with Crippen molar-refractivity contribution in [2.24, 2.45) is 4.99 Å². The van der Waals surface area contributed by atoms with Crippen molar-refractivity contribution in [2.75, 3.05) is 40.0 Å². The van der Waals surface area contributed by atoms with Gasteiger partial charge in [-0.2, -0.15) is 0 Å². The van der Waals surface area contributed by atoms with Gasteiger partial charge in [0, 0.05) is 38.3 Å². The molecule has 0 aliphatic carbocycles. The molecular formula is C19H31FIN3O2. The Morgan fingerprint density at radius 3 is 2.73 bits per heavy atom. The summed E-state index contributed by atoms with van der Waals surface area (Å²) in [6, 6.07) is 7.04. The predicted octanol–water partition coefficient (Wildman–Crippen LogP) is 3.08. The zero-order chi connectivity index (χ0) is 18.1. The minimum atomic E-state index is -0.203. The summed E-state index contributed by atoms with van der Waals surface area (Å²) in [5, 5.41) is 6.62.